The number of hydrogen-bond acceptors (Lipinski definition) is 5. The van der Waals surface area contributed by atoms with E-state index in [9.17, 15) is 4.79 Å². The number of nitrogen functional groups attached to an aromatic ring is 1. The molecule has 0 saturated carbocycles. The standard InChI is InChI=1S/C12H14N4OS/c1-2-8-6-15-10(18-8)7-16-12(17)9-4-3-5-14-11(9)13/h3-6H,2,7H2,1H3,(H2,13,14)(H,16,17). The maximum atomic E-state index is 11.9. The number of rotatable bonds is 4. The number of carbonyl (C=O) groups is 1. The van der Waals surface area contributed by atoms with Gasteiger partial charge in [0.05, 0.1) is 12.1 Å². The van der Waals surface area contributed by atoms with Gasteiger partial charge in [-0.2, -0.15) is 0 Å². The van der Waals surface area contributed by atoms with Gasteiger partial charge in [-0.25, -0.2) is 9.97 Å². The van der Waals surface area contributed by atoms with E-state index < -0.39 is 0 Å². The van der Waals surface area contributed by atoms with Crippen molar-refractivity contribution >= 4 is 23.1 Å². The molecule has 2 heterocycles. The molecule has 3 N–H and O–H groups in total. The van der Waals surface area contributed by atoms with Crippen molar-refractivity contribution in [2.45, 2.75) is 19.9 Å². The average Bonchev–Trinajstić information content (AvgIpc) is 2.84. The van der Waals surface area contributed by atoms with E-state index >= 15 is 0 Å². The first kappa shape index (κ1) is 12.5. The number of amides is 1. The first-order valence-electron chi connectivity index (χ1n) is 5.63. The second-order valence-corrected chi connectivity index (χ2v) is 4.89. The van der Waals surface area contributed by atoms with Gasteiger partial charge in [-0.1, -0.05) is 6.92 Å². The fourth-order valence-corrected chi connectivity index (χ4v) is 2.26. The van der Waals surface area contributed by atoms with Crippen LogP contribution >= 0.6 is 11.3 Å². The fourth-order valence-electron chi connectivity index (χ4n) is 1.45. The molecule has 2 aromatic heterocycles. The van der Waals surface area contributed by atoms with Crippen LogP contribution in [0.25, 0.3) is 0 Å². The third-order valence-electron chi connectivity index (χ3n) is 2.43. The monoisotopic (exact) mass is 262 g/mol. The zero-order chi connectivity index (χ0) is 13.0. The molecule has 0 aliphatic rings. The Morgan fingerprint density at radius 1 is 1.50 bits per heavy atom. The highest BCUT2D eigenvalue weighted by molar-refractivity contribution is 7.11. The molecule has 2 aromatic rings. The van der Waals surface area contributed by atoms with Crippen LogP contribution in [-0.2, 0) is 13.0 Å². The SMILES string of the molecule is CCc1cnc(CNC(=O)c2cccnc2N)s1. The van der Waals surface area contributed by atoms with E-state index in [2.05, 4.69) is 22.2 Å². The summed E-state index contributed by atoms with van der Waals surface area (Å²) >= 11 is 1.60. The van der Waals surface area contributed by atoms with Gasteiger partial charge in [0.25, 0.3) is 5.91 Å². The van der Waals surface area contributed by atoms with Gasteiger partial charge in [-0.3, -0.25) is 4.79 Å². The molecule has 5 nitrogen and oxygen atoms in total. The number of nitrogens with two attached hydrogens (primary N) is 1. The van der Waals surface area contributed by atoms with Gasteiger partial charge >= 0.3 is 0 Å². The van der Waals surface area contributed by atoms with Crippen LogP contribution < -0.4 is 11.1 Å². The Kier molecular flexibility index (Phi) is 3.88. The third-order valence-corrected chi connectivity index (χ3v) is 3.57. The van der Waals surface area contributed by atoms with Crippen molar-refractivity contribution in [3.63, 3.8) is 0 Å². The molecular weight excluding hydrogens is 248 g/mol. The quantitative estimate of drug-likeness (QED) is 0.877. The smallest absolute Gasteiger partial charge is 0.255 e. The highest BCUT2D eigenvalue weighted by atomic mass is 32.1. The van der Waals surface area contributed by atoms with Gasteiger partial charge in [0.15, 0.2) is 0 Å². The molecule has 0 aliphatic heterocycles. The van der Waals surface area contributed by atoms with Crippen LogP contribution in [0.1, 0.15) is 27.2 Å². The fraction of sp³-hybridized carbons (Fsp3) is 0.250. The summed E-state index contributed by atoms with van der Waals surface area (Å²) in [6, 6.07) is 3.33. The van der Waals surface area contributed by atoms with Crippen molar-refractivity contribution < 1.29 is 4.79 Å². The minimum Gasteiger partial charge on any atom is -0.383 e. The second-order valence-electron chi connectivity index (χ2n) is 3.69. The van der Waals surface area contributed by atoms with E-state index in [1.54, 1.807) is 29.7 Å². The molecule has 0 aromatic carbocycles. The highest BCUT2D eigenvalue weighted by Gasteiger charge is 2.10. The third kappa shape index (κ3) is 2.84. The summed E-state index contributed by atoms with van der Waals surface area (Å²) in [5, 5.41) is 3.67. The van der Waals surface area contributed by atoms with Crippen molar-refractivity contribution in [2.24, 2.45) is 0 Å². The van der Waals surface area contributed by atoms with Crippen LogP contribution in [0.15, 0.2) is 24.5 Å². The summed E-state index contributed by atoms with van der Waals surface area (Å²) < 4.78 is 0. The molecule has 0 saturated heterocycles. The average molecular weight is 262 g/mol. The summed E-state index contributed by atoms with van der Waals surface area (Å²) in [5.41, 5.74) is 6.02. The van der Waals surface area contributed by atoms with Gasteiger partial charge < -0.3 is 11.1 Å². The summed E-state index contributed by atoms with van der Waals surface area (Å²) in [4.78, 5) is 21.2. The Morgan fingerprint density at radius 3 is 3.00 bits per heavy atom. The lowest BCUT2D eigenvalue weighted by molar-refractivity contribution is 0.0951. The number of nitrogens with zero attached hydrogens (tertiary/aromatic N) is 2. The van der Waals surface area contributed by atoms with Crippen molar-refractivity contribution in [2.75, 3.05) is 5.73 Å². The van der Waals surface area contributed by atoms with Crippen molar-refractivity contribution in [1.29, 1.82) is 0 Å². The molecule has 94 valence electrons. The predicted octanol–water partition coefficient (Wildman–Crippen LogP) is 1.61. The molecule has 0 bridgehead atoms. The minimum absolute atomic E-state index is 0.228. The molecule has 0 spiro atoms. The second kappa shape index (κ2) is 5.59. The summed E-state index contributed by atoms with van der Waals surface area (Å²) in [6.07, 6.45) is 4.35. The van der Waals surface area contributed by atoms with E-state index in [4.69, 9.17) is 5.73 Å². The number of nitrogens with one attached hydrogen (secondary N) is 1. The van der Waals surface area contributed by atoms with Crippen molar-refractivity contribution in [1.82, 2.24) is 15.3 Å². The Morgan fingerprint density at radius 2 is 2.33 bits per heavy atom. The van der Waals surface area contributed by atoms with Crippen LogP contribution in [0.4, 0.5) is 5.82 Å². The maximum absolute atomic E-state index is 11.9. The minimum atomic E-state index is -0.228. The molecule has 0 unspecified atom stereocenters. The Labute approximate surface area is 109 Å². The number of hydrogen-bond donors (Lipinski definition) is 2. The molecule has 0 atom stereocenters. The lowest BCUT2D eigenvalue weighted by Crippen LogP contribution is -2.24. The topological polar surface area (TPSA) is 80.9 Å². The number of thiazole rings is 1. The van der Waals surface area contributed by atoms with Crippen molar-refractivity contribution in [3.8, 4) is 0 Å². The highest BCUT2D eigenvalue weighted by Crippen LogP contribution is 2.13. The lowest BCUT2D eigenvalue weighted by atomic mass is 10.2. The van der Waals surface area contributed by atoms with Crippen LogP contribution in [0.5, 0.6) is 0 Å². The number of aromatic nitrogens is 2. The van der Waals surface area contributed by atoms with Gasteiger partial charge in [-0.05, 0) is 18.6 Å². The van der Waals surface area contributed by atoms with Crippen molar-refractivity contribution in [3.05, 3.63) is 40.0 Å². The van der Waals surface area contributed by atoms with E-state index in [0.29, 0.717) is 12.1 Å². The first-order chi connectivity index (χ1) is 8.70. The molecule has 6 heteroatoms. The Bertz CT molecular complexity index is 553. The van der Waals surface area contributed by atoms with Crippen LogP contribution in [0.2, 0.25) is 0 Å². The Balaban J connectivity index is 1.98. The normalized spacial score (nSPS) is 10.3. The Hall–Kier alpha value is -1.95. The first-order valence-corrected chi connectivity index (χ1v) is 6.44. The zero-order valence-corrected chi connectivity index (χ0v) is 10.8. The largest absolute Gasteiger partial charge is 0.383 e. The number of pyridine rings is 1. The van der Waals surface area contributed by atoms with Crippen LogP contribution in [0, 0.1) is 0 Å². The lowest BCUT2D eigenvalue weighted by Gasteiger charge is -2.04. The summed E-state index contributed by atoms with van der Waals surface area (Å²) in [6.45, 7) is 2.49. The van der Waals surface area contributed by atoms with E-state index in [1.165, 1.54) is 4.88 Å². The van der Waals surface area contributed by atoms with Gasteiger partial charge in [0, 0.05) is 17.3 Å². The summed E-state index contributed by atoms with van der Waals surface area (Å²) in [7, 11) is 0. The molecule has 2 rings (SSSR count). The van der Waals surface area contributed by atoms with Gasteiger partial charge in [0.2, 0.25) is 0 Å². The van der Waals surface area contributed by atoms with E-state index in [-0.39, 0.29) is 11.7 Å². The molecule has 1 amide bonds. The van der Waals surface area contributed by atoms with E-state index in [1.807, 2.05) is 6.20 Å². The molecule has 0 radical (unpaired) electrons. The molecule has 18 heavy (non-hydrogen) atoms. The predicted molar refractivity (Wildman–Crippen MR) is 71.3 cm³/mol. The van der Waals surface area contributed by atoms with Gasteiger partial charge in [0.1, 0.15) is 10.8 Å². The van der Waals surface area contributed by atoms with E-state index in [0.717, 1.165) is 11.4 Å². The number of carbonyl (C=O) groups excluding carboxylic acids is 1. The van der Waals surface area contributed by atoms with Crippen LogP contribution in [-0.4, -0.2) is 15.9 Å². The maximum Gasteiger partial charge on any atom is 0.255 e. The summed E-state index contributed by atoms with van der Waals surface area (Å²) in [5.74, 6) is 0.0113. The van der Waals surface area contributed by atoms with Crippen LogP contribution in [0.3, 0.4) is 0 Å². The number of aryl methyl sites for hydroxylation is 1. The zero-order valence-electron chi connectivity index (χ0n) is 10.0. The number of anilines is 1. The molecule has 0 fully saturated rings. The van der Waals surface area contributed by atoms with Gasteiger partial charge in [-0.15, -0.1) is 11.3 Å². The molecule has 0 aliphatic carbocycles. The molecular formula is C12H14N4OS.